The van der Waals surface area contributed by atoms with Gasteiger partial charge >= 0.3 is 0 Å². The lowest BCUT2D eigenvalue weighted by atomic mass is 10.0. The molecule has 0 spiro atoms. The van der Waals surface area contributed by atoms with E-state index in [1.165, 1.54) is 0 Å². The van der Waals surface area contributed by atoms with Crippen molar-refractivity contribution >= 4 is 11.4 Å². The Bertz CT molecular complexity index is 421. The molecule has 1 aliphatic rings. The van der Waals surface area contributed by atoms with Gasteiger partial charge in [-0.25, -0.2) is 0 Å². The Morgan fingerprint density at radius 3 is 2.89 bits per heavy atom. The molecule has 1 aromatic rings. The van der Waals surface area contributed by atoms with E-state index >= 15 is 0 Å². The number of hydrogen-bond donors (Lipinski definition) is 2. The van der Waals surface area contributed by atoms with Crippen molar-refractivity contribution in [3.63, 3.8) is 0 Å². The van der Waals surface area contributed by atoms with E-state index in [2.05, 4.69) is 12.2 Å². The third-order valence-electron chi connectivity index (χ3n) is 3.27. The van der Waals surface area contributed by atoms with Crippen molar-refractivity contribution < 1.29 is 9.47 Å². The first kappa shape index (κ1) is 14.0. The van der Waals surface area contributed by atoms with Gasteiger partial charge in [0, 0.05) is 12.6 Å². The molecule has 106 valence electrons. The van der Waals surface area contributed by atoms with Gasteiger partial charge in [0.15, 0.2) is 0 Å². The van der Waals surface area contributed by atoms with Crippen LogP contribution < -0.4 is 15.8 Å². The average Bonchev–Trinajstić information content (AvgIpc) is 2.34. The summed E-state index contributed by atoms with van der Waals surface area (Å²) in [6, 6.07) is 6.30. The molecular weight excluding hydrogens is 240 g/mol. The van der Waals surface area contributed by atoms with Crippen LogP contribution in [0.4, 0.5) is 11.4 Å². The van der Waals surface area contributed by atoms with Crippen molar-refractivity contribution in [1.29, 1.82) is 0 Å². The van der Waals surface area contributed by atoms with Gasteiger partial charge in [-0.2, -0.15) is 0 Å². The fourth-order valence-corrected chi connectivity index (χ4v) is 2.38. The molecule has 0 bridgehead atoms. The maximum atomic E-state index is 6.16. The van der Waals surface area contributed by atoms with Crippen LogP contribution in [0.25, 0.3) is 0 Å². The van der Waals surface area contributed by atoms with Crippen molar-refractivity contribution in [2.24, 2.45) is 0 Å². The van der Waals surface area contributed by atoms with Crippen molar-refractivity contribution in [2.45, 2.75) is 51.9 Å². The molecule has 2 atom stereocenters. The minimum atomic E-state index is 0.126. The summed E-state index contributed by atoms with van der Waals surface area (Å²) in [4.78, 5) is 0. The van der Waals surface area contributed by atoms with E-state index in [-0.39, 0.29) is 6.10 Å². The van der Waals surface area contributed by atoms with Crippen molar-refractivity contribution in [3.05, 3.63) is 18.2 Å². The highest BCUT2D eigenvalue weighted by Crippen LogP contribution is 2.31. The maximum Gasteiger partial charge on any atom is 0.144 e. The van der Waals surface area contributed by atoms with Gasteiger partial charge in [-0.05, 0) is 45.7 Å². The highest BCUT2D eigenvalue weighted by molar-refractivity contribution is 5.73. The van der Waals surface area contributed by atoms with E-state index in [1.54, 1.807) is 0 Å². The molecule has 1 heterocycles. The summed E-state index contributed by atoms with van der Waals surface area (Å²) in [5.41, 5.74) is 7.81. The number of nitrogens with two attached hydrogens (primary N) is 1. The van der Waals surface area contributed by atoms with Crippen molar-refractivity contribution in [2.75, 3.05) is 17.7 Å². The normalized spacial score (nSPS) is 23.4. The first-order chi connectivity index (χ1) is 9.06. The Hall–Kier alpha value is -1.42. The number of ether oxygens (including phenoxy) is 2. The standard InChI is InChI=1S/C15H24N2O2/c1-10(2)19-14-6-4-5-13(15(14)16)17-12-7-8-18-11(3)9-12/h4-6,10-12,17H,7-9,16H2,1-3H3. The van der Waals surface area contributed by atoms with Crippen LogP contribution in [0.2, 0.25) is 0 Å². The Morgan fingerprint density at radius 1 is 1.42 bits per heavy atom. The molecule has 3 N–H and O–H groups in total. The number of nitrogen functional groups attached to an aromatic ring is 1. The molecule has 0 aliphatic carbocycles. The van der Waals surface area contributed by atoms with E-state index in [1.807, 2.05) is 32.0 Å². The van der Waals surface area contributed by atoms with Gasteiger partial charge in [-0.3, -0.25) is 0 Å². The summed E-state index contributed by atoms with van der Waals surface area (Å²) in [5.74, 6) is 0.750. The Morgan fingerprint density at radius 2 is 2.21 bits per heavy atom. The molecule has 19 heavy (non-hydrogen) atoms. The summed E-state index contributed by atoms with van der Waals surface area (Å²) >= 11 is 0. The van der Waals surface area contributed by atoms with Crippen LogP contribution in [-0.2, 0) is 4.74 Å². The molecule has 1 fully saturated rings. The molecule has 0 aromatic heterocycles. The van der Waals surface area contributed by atoms with Gasteiger partial charge in [0.2, 0.25) is 0 Å². The van der Waals surface area contributed by atoms with Gasteiger partial charge in [0.1, 0.15) is 5.75 Å². The Balaban J connectivity index is 2.07. The van der Waals surface area contributed by atoms with Crippen LogP contribution in [0.5, 0.6) is 5.75 Å². The fourth-order valence-electron chi connectivity index (χ4n) is 2.38. The third-order valence-corrected chi connectivity index (χ3v) is 3.27. The quantitative estimate of drug-likeness (QED) is 0.821. The lowest BCUT2D eigenvalue weighted by Gasteiger charge is -2.29. The van der Waals surface area contributed by atoms with E-state index < -0.39 is 0 Å². The molecule has 2 unspecified atom stereocenters. The Kier molecular flexibility index (Phi) is 4.53. The monoisotopic (exact) mass is 264 g/mol. The second-order valence-corrected chi connectivity index (χ2v) is 5.43. The molecule has 0 saturated carbocycles. The van der Waals surface area contributed by atoms with Gasteiger partial charge in [-0.1, -0.05) is 6.07 Å². The second-order valence-electron chi connectivity index (χ2n) is 5.43. The fraction of sp³-hybridized carbons (Fsp3) is 0.600. The number of nitrogens with one attached hydrogen (secondary N) is 1. The van der Waals surface area contributed by atoms with Crippen LogP contribution in [0, 0.1) is 0 Å². The number of para-hydroxylation sites is 1. The molecule has 4 heteroatoms. The smallest absolute Gasteiger partial charge is 0.144 e. The largest absolute Gasteiger partial charge is 0.489 e. The van der Waals surface area contributed by atoms with Gasteiger partial charge in [0.05, 0.1) is 23.6 Å². The average molecular weight is 264 g/mol. The predicted molar refractivity (Wildman–Crippen MR) is 78.7 cm³/mol. The first-order valence-corrected chi connectivity index (χ1v) is 6.99. The zero-order valence-electron chi connectivity index (χ0n) is 12.0. The van der Waals surface area contributed by atoms with Gasteiger partial charge in [0.25, 0.3) is 0 Å². The maximum absolute atomic E-state index is 6.16. The predicted octanol–water partition coefficient (Wildman–Crippen LogP) is 3.04. The minimum Gasteiger partial charge on any atom is -0.489 e. The van der Waals surface area contributed by atoms with Crippen LogP contribution in [0.3, 0.4) is 0 Å². The molecule has 0 amide bonds. The molecular formula is C15H24N2O2. The van der Waals surface area contributed by atoms with E-state index in [0.29, 0.717) is 17.8 Å². The van der Waals surface area contributed by atoms with Crippen molar-refractivity contribution in [1.82, 2.24) is 0 Å². The summed E-state index contributed by atoms with van der Waals surface area (Å²) in [6.45, 7) is 6.91. The van der Waals surface area contributed by atoms with Crippen molar-refractivity contribution in [3.8, 4) is 5.75 Å². The zero-order valence-corrected chi connectivity index (χ0v) is 12.0. The lowest BCUT2D eigenvalue weighted by molar-refractivity contribution is 0.0232. The van der Waals surface area contributed by atoms with Crippen LogP contribution in [0.1, 0.15) is 33.6 Å². The molecule has 2 rings (SSSR count). The zero-order chi connectivity index (χ0) is 13.8. The van der Waals surface area contributed by atoms with E-state index in [0.717, 1.165) is 30.9 Å². The molecule has 0 radical (unpaired) electrons. The number of rotatable bonds is 4. The summed E-state index contributed by atoms with van der Waals surface area (Å²) in [5, 5.41) is 3.51. The van der Waals surface area contributed by atoms with Crippen LogP contribution in [-0.4, -0.2) is 24.9 Å². The molecule has 4 nitrogen and oxygen atoms in total. The van der Waals surface area contributed by atoms with Crippen LogP contribution in [0.15, 0.2) is 18.2 Å². The summed E-state index contributed by atoms with van der Waals surface area (Å²) in [7, 11) is 0. The number of hydrogen-bond acceptors (Lipinski definition) is 4. The Labute approximate surface area is 115 Å². The highest BCUT2D eigenvalue weighted by Gasteiger charge is 2.20. The van der Waals surface area contributed by atoms with Gasteiger partial charge in [-0.15, -0.1) is 0 Å². The minimum absolute atomic E-state index is 0.126. The summed E-state index contributed by atoms with van der Waals surface area (Å²) < 4.78 is 11.3. The molecule has 1 aliphatic heterocycles. The second kappa shape index (κ2) is 6.15. The highest BCUT2D eigenvalue weighted by atomic mass is 16.5. The van der Waals surface area contributed by atoms with E-state index in [4.69, 9.17) is 15.2 Å². The molecule has 1 aromatic carbocycles. The van der Waals surface area contributed by atoms with Gasteiger partial charge < -0.3 is 20.5 Å². The SMILES string of the molecule is CC(C)Oc1cccc(NC2CCOC(C)C2)c1N. The van der Waals surface area contributed by atoms with E-state index in [9.17, 15) is 0 Å². The first-order valence-electron chi connectivity index (χ1n) is 6.99. The lowest BCUT2D eigenvalue weighted by Crippen LogP contribution is -2.32. The topological polar surface area (TPSA) is 56.5 Å². The number of anilines is 2. The third kappa shape index (κ3) is 3.77. The summed E-state index contributed by atoms with van der Waals surface area (Å²) in [6.07, 6.45) is 2.46. The van der Waals surface area contributed by atoms with Crippen LogP contribution >= 0.6 is 0 Å². The number of benzene rings is 1. The molecule has 1 saturated heterocycles.